The Hall–Kier alpha value is -0.770. The fraction of sp³-hybridized carbons (Fsp3) is 0.0833. The first-order valence-electron chi connectivity index (χ1n) is 4.84. The van der Waals surface area contributed by atoms with E-state index in [2.05, 4.69) is 20.9 Å². The Morgan fingerprint density at radius 2 is 2.00 bits per heavy atom. The topological polar surface area (TPSA) is 22.1 Å². The standard InChI is InChI=1S/C12H8BrCl2NO/c13-10-6-8(14)4-5-11(10)17-7-9-2-1-3-12(15)16-9/h1-6H,7H2. The molecule has 2 aromatic rings. The van der Waals surface area contributed by atoms with Gasteiger partial charge in [0.05, 0.1) is 10.2 Å². The van der Waals surface area contributed by atoms with Crippen LogP contribution >= 0.6 is 39.1 Å². The maximum Gasteiger partial charge on any atom is 0.134 e. The number of pyridine rings is 1. The molecule has 1 aromatic carbocycles. The highest BCUT2D eigenvalue weighted by atomic mass is 79.9. The second-order valence-corrected chi connectivity index (χ2v) is 4.99. The highest BCUT2D eigenvalue weighted by Crippen LogP contribution is 2.28. The van der Waals surface area contributed by atoms with Gasteiger partial charge in [0.1, 0.15) is 17.5 Å². The van der Waals surface area contributed by atoms with Crippen molar-refractivity contribution < 1.29 is 4.74 Å². The summed E-state index contributed by atoms with van der Waals surface area (Å²) < 4.78 is 6.42. The van der Waals surface area contributed by atoms with Crippen molar-refractivity contribution in [3.05, 3.63) is 56.7 Å². The van der Waals surface area contributed by atoms with Crippen molar-refractivity contribution in [2.45, 2.75) is 6.61 Å². The normalized spacial score (nSPS) is 10.3. The molecule has 1 heterocycles. The van der Waals surface area contributed by atoms with Crippen molar-refractivity contribution >= 4 is 39.1 Å². The lowest BCUT2D eigenvalue weighted by Gasteiger charge is -2.08. The zero-order valence-electron chi connectivity index (χ0n) is 8.66. The number of hydrogen-bond acceptors (Lipinski definition) is 2. The number of benzene rings is 1. The van der Waals surface area contributed by atoms with Gasteiger partial charge in [-0.1, -0.05) is 29.3 Å². The average molecular weight is 333 g/mol. The van der Waals surface area contributed by atoms with E-state index in [1.807, 2.05) is 12.1 Å². The van der Waals surface area contributed by atoms with Crippen LogP contribution in [0, 0.1) is 0 Å². The lowest BCUT2D eigenvalue weighted by Crippen LogP contribution is -1.98. The van der Waals surface area contributed by atoms with Crippen molar-refractivity contribution in [1.29, 1.82) is 0 Å². The third-order valence-corrected chi connectivity index (χ3v) is 3.11. The van der Waals surface area contributed by atoms with Crippen LogP contribution in [-0.4, -0.2) is 4.98 Å². The van der Waals surface area contributed by atoms with E-state index in [0.717, 1.165) is 15.9 Å². The summed E-state index contributed by atoms with van der Waals surface area (Å²) in [5.74, 6) is 0.719. The molecule has 17 heavy (non-hydrogen) atoms. The summed E-state index contributed by atoms with van der Waals surface area (Å²) in [6, 6.07) is 10.8. The number of hydrogen-bond donors (Lipinski definition) is 0. The first kappa shape index (κ1) is 12.7. The molecule has 2 rings (SSSR count). The van der Waals surface area contributed by atoms with Crippen LogP contribution in [0.25, 0.3) is 0 Å². The maximum atomic E-state index is 5.84. The number of halogens is 3. The van der Waals surface area contributed by atoms with Crippen molar-refractivity contribution in [3.8, 4) is 5.75 Å². The van der Waals surface area contributed by atoms with Gasteiger partial charge >= 0.3 is 0 Å². The monoisotopic (exact) mass is 331 g/mol. The summed E-state index contributed by atoms with van der Waals surface area (Å²) in [4.78, 5) is 4.13. The van der Waals surface area contributed by atoms with E-state index in [1.165, 1.54) is 0 Å². The minimum Gasteiger partial charge on any atom is -0.486 e. The predicted octanol–water partition coefficient (Wildman–Crippen LogP) is 4.73. The molecule has 2 nitrogen and oxygen atoms in total. The molecule has 0 aliphatic carbocycles. The highest BCUT2D eigenvalue weighted by molar-refractivity contribution is 9.10. The molecule has 88 valence electrons. The zero-order chi connectivity index (χ0) is 12.3. The largest absolute Gasteiger partial charge is 0.486 e. The van der Waals surface area contributed by atoms with Crippen LogP contribution in [0.5, 0.6) is 5.75 Å². The van der Waals surface area contributed by atoms with Gasteiger partial charge in [0.25, 0.3) is 0 Å². The predicted molar refractivity (Wildman–Crippen MR) is 72.7 cm³/mol. The molecule has 0 atom stereocenters. The number of aromatic nitrogens is 1. The molecule has 0 radical (unpaired) electrons. The first-order chi connectivity index (χ1) is 8.15. The molecular formula is C12H8BrCl2NO. The van der Waals surface area contributed by atoms with Crippen LogP contribution in [0.4, 0.5) is 0 Å². The maximum absolute atomic E-state index is 5.84. The smallest absolute Gasteiger partial charge is 0.134 e. The van der Waals surface area contributed by atoms with Crippen molar-refractivity contribution in [2.75, 3.05) is 0 Å². The molecule has 0 unspecified atom stereocenters. The SMILES string of the molecule is Clc1ccc(OCc2cccc(Cl)n2)c(Br)c1. The third kappa shape index (κ3) is 3.60. The first-order valence-corrected chi connectivity index (χ1v) is 6.39. The summed E-state index contributed by atoms with van der Waals surface area (Å²) in [6.45, 7) is 0.362. The summed E-state index contributed by atoms with van der Waals surface area (Å²) in [6.07, 6.45) is 0. The van der Waals surface area contributed by atoms with Crippen molar-refractivity contribution in [1.82, 2.24) is 4.98 Å². The Morgan fingerprint density at radius 1 is 1.18 bits per heavy atom. The van der Waals surface area contributed by atoms with E-state index in [4.69, 9.17) is 27.9 Å². The van der Waals surface area contributed by atoms with Crippen LogP contribution in [0.1, 0.15) is 5.69 Å². The quantitative estimate of drug-likeness (QED) is 0.758. The van der Waals surface area contributed by atoms with Gasteiger partial charge in [-0.25, -0.2) is 4.98 Å². The summed E-state index contributed by atoms with van der Waals surface area (Å²) in [5, 5.41) is 1.12. The minimum atomic E-state index is 0.362. The van der Waals surface area contributed by atoms with E-state index >= 15 is 0 Å². The van der Waals surface area contributed by atoms with E-state index in [-0.39, 0.29) is 0 Å². The van der Waals surface area contributed by atoms with Gasteiger partial charge in [-0.2, -0.15) is 0 Å². The van der Waals surface area contributed by atoms with E-state index in [9.17, 15) is 0 Å². The average Bonchev–Trinajstić information content (AvgIpc) is 2.28. The number of nitrogens with zero attached hydrogens (tertiary/aromatic N) is 1. The molecule has 0 aliphatic heterocycles. The van der Waals surface area contributed by atoms with Crippen LogP contribution in [0.15, 0.2) is 40.9 Å². The Labute approximate surface area is 118 Å². The Balaban J connectivity index is 2.07. The molecule has 0 saturated carbocycles. The van der Waals surface area contributed by atoms with Gasteiger partial charge in [-0.3, -0.25) is 0 Å². The van der Waals surface area contributed by atoms with Crippen LogP contribution in [-0.2, 0) is 6.61 Å². The highest BCUT2D eigenvalue weighted by Gasteiger charge is 2.03. The Bertz CT molecular complexity index is 534. The van der Waals surface area contributed by atoms with Gasteiger partial charge in [0, 0.05) is 5.02 Å². The molecular weight excluding hydrogens is 325 g/mol. The Kier molecular flexibility index (Phi) is 4.26. The van der Waals surface area contributed by atoms with Crippen LogP contribution in [0.3, 0.4) is 0 Å². The van der Waals surface area contributed by atoms with Crippen LogP contribution in [0.2, 0.25) is 10.2 Å². The van der Waals surface area contributed by atoms with Crippen LogP contribution < -0.4 is 4.74 Å². The molecule has 0 saturated heterocycles. The van der Waals surface area contributed by atoms with Gasteiger partial charge in [0.2, 0.25) is 0 Å². The third-order valence-electron chi connectivity index (χ3n) is 2.04. The Morgan fingerprint density at radius 3 is 2.71 bits per heavy atom. The van der Waals surface area contributed by atoms with Gasteiger partial charge < -0.3 is 4.74 Å². The molecule has 0 amide bonds. The minimum absolute atomic E-state index is 0.362. The molecule has 0 bridgehead atoms. The summed E-state index contributed by atoms with van der Waals surface area (Å²) in [7, 11) is 0. The van der Waals surface area contributed by atoms with E-state index in [0.29, 0.717) is 16.8 Å². The fourth-order valence-electron chi connectivity index (χ4n) is 1.27. The second-order valence-electron chi connectivity index (χ2n) is 3.32. The number of rotatable bonds is 3. The lowest BCUT2D eigenvalue weighted by atomic mass is 10.3. The second kappa shape index (κ2) is 5.71. The molecule has 0 spiro atoms. The molecule has 0 aliphatic rings. The number of ether oxygens (including phenoxy) is 1. The van der Waals surface area contributed by atoms with E-state index < -0.39 is 0 Å². The van der Waals surface area contributed by atoms with E-state index in [1.54, 1.807) is 24.3 Å². The zero-order valence-corrected chi connectivity index (χ0v) is 11.8. The molecule has 5 heteroatoms. The van der Waals surface area contributed by atoms with Gasteiger partial charge in [0.15, 0.2) is 0 Å². The summed E-state index contributed by atoms with van der Waals surface area (Å²) in [5.41, 5.74) is 0.777. The molecule has 1 aromatic heterocycles. The lowest BCUT2D eigenvalue weighted by molar-refractivity contribution is 0.299. The molecule has 0 N–H and O–H groups in total. The van der Waals surface area contributed by atoms with Gasteiger partial charge in [-0.15, -0.1) is 0 Å². The summed E-state index contributed by atoms with van der Waals surface area (Å²) >= 11 is 15.0. The van der Waals surface area contributed by atoms with Crippen molar-refractivity contribution in [2.24, 2.45) is 0 Å². The molecule has 0 fully saturated rings. The van der Waals surface area contributed by atoms with Gasteiger partial charge in [-0.05, 0) is 46.3 Å². The van der Waals surface area contributed by atoms with Crippen molar-refractivity contribution in [3.63, 3.8) is 0 Å². The fourth-order valence-corrected chi connectivity index (χ4v) is 2.25.